The first-order chi connectivity index (χ1) is 4.43. The van der Waals surface area contributed by atoms with E-state index in [-0.39, 0.29) is 24.8 Å². The highest BCUT2D eigenvalue weighted by Gasteiger charge is 2.10. The molecule has 0 aliphatic carbocycles. The zero-order chi connectivity index (χ0) is 6.53. The van der Waals surface area contributed by atoms with Gasteiger partial charge in [0.25, 0.3) is 0 Å². The summed E-state index contributed by atoms with van der Waals surface area (Å²) in [5, 5.41) is 6.55. The molecule has 0 saturated carbocycles. The largest absolute Gasteiger partial charge is 0.319 e. The van der Waals surface area contributed by atoms with Gasteiger partial charge >= 0.3 is 0 Å². The molecule has 2 N–H and O–H groups in total. The van der Waals surface area contributed by atoms with Crippen LogP contribution in [-0.2, 0) is 0 Å². The monoisotopic (exact) mass is 200 g/mol. The lowest BCUT2D eigenvalue weighted by molar-refractivity contribution is 0.365. The van der Waals surface area contributed by atoms with Crippen molar-refractivity contribution in [3.05, 3.63) is 0 Å². The molecular weight excluding hydrogens is 183 g/mol. The number of hydrogen-bond acceptors (Lipinski definition) is 2. The molecule has 0 aromatic carbocycles. The predicted molar refractivity (Wildman–Crippen MR) is 54.0 cm³/mol. The van der Waals surface area contributed by atoms with E-state index in [9.17, 15) is 0 Å². The second-order valence-electron chi connectivity index (χ2n) is 2.75. The van der Waals surface area contributed by atoms with Gasteiger partial charge in [-0.15, -0.1) is 24.8 Å². The van der Waals surface area contributed by atoms with Crippen LogP contribution in [0.25, 0.3) is 0 Å². The van der Waals surface area contributed by atoms with Gasteiger partial charge in [-0.2, -0.15) is 0 Å². The Hall–Kier alpha value is 0.500. The van der Waals surface area contributed by atoms with Gasteiger partial charge in [0.1, 0.15) is 0 Å². The van der Waals surface area contributed by atoms with Crippen molar-refractivity contribution >= 4 is 24.8 Å². The van der Waals surface area contributed by atoms with Gasteiger partial charge in [0.05, 0.1) is 0 Å². The highest BCUT2D eigenvalue weighted by molar-refractivity contribution is 5.85. The molecule has 0 spiro atoms. The molecule has 0 aromatic heterocycles. The fourth-order valence-electron chi connectivity index (χ4n) is 1.37. The van der Waals surface area contributed by atoms with Crippen LogP contribution in [0.3, 0.4) is 0 Å². The highest BCUT2D eigenvalue weighted by atomic mass is 35.5. The van der Waals surface area contributed by atoms with E-state index in [4.69, 9.17) is 0 Å². The summed E-state index contributed by atoms with van der Waals surface area (Å²) < 4.78 is 0. The average Bonchev–Trinajstić information content (AvgIpc) is 1.91. The van der Waals surface area contributed by atoms with E-state index in [0.717, 1.165) is 5.92 Å². The maximum Gasteiger partial charge on any atom is -0.00226 e. The van der Waals surface area contributed by atoms with Crippen LogP contribution in [0, 0.1) is 5.92 Å². The average molecular weight is 201 g/mol. The van der Waals surface area contributed by atoms with Gasteiger partial charge in [0, 0.05) is 0 Å². The molecule has 1 fully saturated rings. The fraction of sp³-hybridized carbons (Fsp3) is 1.00. The number of hydrogen-bond donors (Lipinski definition) is 2. The molecule has 0 amide bonds. The quantitative estimate of drug-likeness (QED) is 0.697. The van der Waals surface area contributed by atoms with Gasteiger partial charge in [0.2, 0.25) is 0 Å². The molecule has 0 unspecified atom stereocenters. The Morgan fingerprint density at radius 3 is 2.27 bits per heavy atom. The molecule has 70 valence electrons. The molecule has 0 radical (unpaired) electrons. The molecular formula is C7H18Cl2N2. The summed E-state index contributed by atoms with van der Waals surface area (Å²) in [6.07, 6.45) is 2.70. The minimum atomic E-state index is 0. The van der Waals surface area contributed by atoms with Crippen molar-refractivity contribution in [1.29, 1.82) is 0 Å². The fourth-order valence-corrected chi connectivity index (χ4v) is 1.37. The predicted octanol–water partition coefficient (Wildman–Crippen LogP) is 1.05. The first-order valence-corrected chi connectivity index (χ1v) is 3.79. The van der Waals surface area contributed by atoms with Gasteiger partial charge in [-0.3, -0.25) is 0 Å². The van der Waals surface area contributed by atoms with Gasteiger partial charge < -0.3 is 10.6 Å². The Bertz CT molecular complexity index is 72.1. The summed E-state index contributed by atoms with van der Waals surface area (Å²) in [6.45, 7) is 3.63. The van der Waals surface area contributed by atoms with E-state index in [1.54, 1.807) is 0 Å². The zero-order valence-corrected chi connectivity index (χ0v) is 8.56. The van der Waals surface area contributed by atoms with Gasteiger partial charge in [-0.25, -0.2) is 0 Å². The van der Waals surface area contributed by atoms with Gasteiger partial charge in [-0.1, -0.05) is 0 Å². The van der Waals surface area contributed by atoms with Crippen LogP contribution in [0.15, 0.2) is 0 Å². The second-order valence-corrected chi connectivity index (χ2v) is 2.75. The van der Waals surface area contributed by atoms with Crippen molar-refractivity contribution in [2.24, 2.45) is 5.92 Å². The third kappa shape index (κ3) is 5.74. The molecule has 1 saturated heterocycles. The molecule has 1 aliphatic heterocycles. The van der Waals surface area contributed by atoms with E-state index >= 15 is 0 Å². The second kappa shape index (κ2) is 8.60. The molecule has 1 heterocycles. The van der Waals surface area contributed by atoms with Crippen molar-refractivity contribution in [3.63, 3.8) is 0 Å². The maximum atomic E-state index is 3.35. The van der Waals surface area contributed by atoms with Crippen LogP contribution in [0.1, 0.15) is 12.8 Å². The van der Waals surface area contributed by atoms with Crippen LogP contribution < -0.4 is 10.6 Å². The lowest BCUT2D eigenvalue weighted by atomic mass is 9.98. The molecule has 4 heteroatoms. The van der Waals surface area contributed by atoms with Crippen molar-refractivity contribution in [2.75, 3.05) is 26.7 Å². The molecule has 1 aliphatic rings. The lowest BCUT2D eigenvalue weighted by Gasteiger charge is -2.21. The van der Waals surface area contributed by atoms with Crippen LogP contribution >= 0.6 is 24.8 Å². The molecule has 1 rings (SSSR count). The highest BCUT2D eigenvalue weighted by Crippen LogP contribution is 2.08. The summed E-state index contributed by atoms with van der Waals surface area (Å²) in [6, 6.07) is 0. The first kappa shape index (κ1) is 14.0. The maximum absolute atomic E-state index is 3.35. The van der Waals surface area contributed by atoms with Crippen LogP contribution in [0.5, 0.6) is 0 Å². The smallest absolute Gasteiger partial charge is 0.00226 e. The van der Waals surface area contributed by atoms with Crippen molar-refractivity contribution < 1.29 is 0 Å². The summed E-state index contributed by atoms with van der Waals surface area (Å²) in [5.74, 6) is 0.927. The van der Waals surface area contributed by atoms with E-state index < -0.39 is 0 Å². The van der Waals surface area contributed by atoms with Gasteiger partial charge in [-0.05, 0) is 45.4 Å². The minimum Gasteiger partial charge on any atom is -0.319 e. The standard InChI is InChI=1S/C7H16N2.2ClH/c1-8-6-7-2-4-9-5-3-7;;/h7-9H,2-6H2,1H3;2*1H. The van der Waals surface area contributed by atoms with E-state index in [1.807, 2.05) is 7.05 Å². The summed E-state index contributed by atoms with van der Waals surface area (Å²) in [5.41, 5.74) is 0. The summed E-state index contributed by atoms with van der Waals surface area (Å²) in [7, 11) is 2.03. The summed E-state index contributed by atoms with van der Waals surface area (Å²) in [4.78, 5) is 0. The Morgan fingerprint density at radius 2 is 1.82 bits per heavy atom. The molecule has 2 nitrogen and oxygen atoms in total. The van der Waals surface area contributed by atoms with Crippen molar-refractivity contribution in [2.45, 2.75) is 12.8 Å². The van der Waals surface area contributed by atoms with Crippen molar-refractivity contribution in [1.82, 2.24) is 10.6 Å². The molecule has 0 aromatic rings. The van der Waals surface area contributed by atoms with Crippen LogP contribution in [0.2, 0.25) is 0 Å². The normalized spacial score (nSPS) is 18.3. The Morgan fingerprint density at radius 1 is 1.27 bits per heavy atom. The lowest BCUT2D eigenvalue weighted by Crippen LogP contribution is -2.32. The minimum absolute atomic E-state index is 0. The van der Waals surface area contributed by atoms with E-state index in [2.05, 4.69) is 10.6 Å². The van der Waals surface area contributed by atoms with Crippen LogP contribution in [-0.4, -0.2) is 26.7 Å². The third-order valence-electron chi connectivity index (χ3n) is 1.95. The Kier molecular flexibility index (Phi) is 11.0. The Balaban J connectivity index is 0. The number of rotatable bonds is 2. The SMILES string of the molecule is CNCC1CCNCC1.Cl.Cl. The molecule has 11 heavy (non-hydrogen) atoms. The zero-order valence-electron chi connectivity index (χ0n) is 6.93. The summed E-state index contributed by atoms with van der Waals surface area (Å²) >= 11 is 0. The molecule has 0 atom stereocenters. The van der Waals surface area contributed by atoms with Crippen molar-refractivity contribution in [3.8, 4) is 0 Å². The number of nitrogens with one attached hydrogen (secondary N) is 2. The van der Waals surface area contributed by atoms with Gasteiger partial charge in [0.15, 0.2) is 0 Å². The van der Waals surface area contributed by atoms with E-state index in [0.29, 0.717) is 0 Å². The number of piperidine rings is 1. The Labute approximate surface area is 81.3 Å². The molecule has 0 bridgehead atoms. The topological polar surface area (TPSA) is 24.1 Å². The first-order valence-electron chi connectivity index (χ1n) is 3.79. The van der Waals surface area contributed by atoms with Crippen LogP contribution in [0.4, 0.5) is 0 Å². The third-order valence-corrected chi connectivity index (χ3v) is 1.95. The van der Waals surface area contributed by atoms with E-state index in [1.165, 1.54) is 32.5 Å². The number of halogens is 2.